The Balaban J connectivity index is 1.95. The number of nitrogens with one attached hydrogen (secondary N) is 1. The molecule has 5 nitrogen and oxygen atoms in total. The van der Waals surface area contributed by atoms with E-state index in [1.165, 1.54) is 0 Å². The molecule has 2 rings (SSSR count). The van der Waals surface area contributed by atoms with Crippen molar-refractivity contribution in [1.29, 1.82) is 0 Å². The molecule has 0 bridgehead atoms. The Morgan fingerprint density at radius 1 is 1.23 bits per heavy atom. The fourth-order valence-corrected chi connectivity index (χ4v) is 2.03. The van der Waals surface area contributed by atoms with E-state index in [4.69, 9.17) is 4.42 Å². The van der Waals surface area contributed by atoms with Gasteiger partial charge in [0.2, 0.25) is 5.91 Å². The normalized spacial score (nSPS) is 11.5. The minimum absolute atomic E-state index is 0.0776. The number of amides is 1. The number of pyridine rings is 1. The molecule has 0 saturated heterocycles. The highest BCUT2D eigenvalue weighted by Gasteiger charge is 2.22. The number of carbonyl (C=O) groups excluding carboxylic acids is 1. The molecule has 0 aliphatic carbocycles. The highest BCUT2D eigenvalue weighted by molar-refractivity contribution is 5.89. The molecule has 2 heterocycles. The van der Waals surface area contributed by atoms with Gasteiger partial charge in [0, 0.05) is 24.0 Å². The maximum atomic E-state index is 12.0. The van der Waals surface area contributed by atoms with E-state index in [1.54, 1.807) is 6.07 Å². The van der Waals surface area contributed by atoms with Crippen LogP contribution in [-0.4, -0.2) is 15.9 Å². The summed E-state index contributed by atoms with van der Waals surface area (Å²) >= 11 is 0. The van der Waals surface area contributed by atoms with E-state index in [1.807, 2.05) is 26.0 Å². The van der Waals surface area contributed by atoms with E-state index in [2.05, 4.69) is 36.1 Å². The molecule has 2 aromatic heterocycles. The maximum Gasteiger partial charge on any atom is 0.225 e. The van der Waals surface area contributed by atoms with Crippen molar-refractivity contribution in [3.63, 3.8) is 0 Å². The predicted molar refractivity (Wildman–Crippen MR) is 85.9 cm³/mol. The molecular formula is C17H23N3O2. The van der Waals surface area contributed by atoms with Crippen LogP contribution in [0.3, 0.4) is 0 Å². The molecule has 2 aromatic rings. The Morgan fingerprint density at radius 2 is 1.95 bits per heavy atom. The third-order valence-electron chi connectivity index (χ3n) is 3.27. The van der Waals surface area contributed by atoms with Gasteiger partial charge >= 0.3 is 0 Å². The van der Waals surface area contributed by atoms with Crippen molar-refractivity contribution in [2.24, 2.45) is 0 Å². The van der Waals surface area contributed by atoms with Crippen LogP contribution in [0.15, 0.2) is 22.6 Å². The van der Waals surface area contributed by atoms with Gasteiger partial charge in [0.05, 0.1) is 5.69 Å². The van der Waals surface area contributed by atoms with Crippen LogP contribution in [0, 0.1) is 13.8 Å². The van der Waals surface area contributed by atoms with Gasteiger partial charge in [0.25, 0.3) is 0 Å². The first-order valence-electron chi connectivity index (χ1n) is 7.46. The van der Waals surface area contributed by atoms with Gasteiger partial charge in [-0.3, -0.25) is 4.79 Å². The topological polar surface area (TPSA) is 68.0 Å². The van der Waals surface area contributed by atoms with Gasteiger partial charge in [-0.15, -0.1) is 0 Å². The van der Waals surface area contributed by atoms with Crippen molar-refractivity contribution in [3.05, 3.63) is 41.2 Å². The number of oxazole rings is 1. The molecule has 1 amide bonds. The molecule has 22 heavy (non-hydrogen) atoms. The lowest BCUT2D eigenvalue weighted by atomic mass is 9.97. The summed E-state index contributed by atoms with van der Waals surface area (Å²) in [7, 11) is 0. The highest BCUT2D eigenvalue weighted by Crippen LogP contribution is 2.24. The Labute approximate surface area is 131 Å². The third-order valence-corrected chi connectivity index (χ3v) is 3.27. The first-order valence-corrected chi connectivity index (χ1v) is 7.46. The second-order valence-corrected chi connectivity index (χ2v) is 6.49. The van der Waals surface area contributed by atoms with Crippen molar-refractivity contribution in [3.8, 4) is 0 Å². The average Bonchev–Trinajstić information content (AvgIpc) is 2.78. The van der Waals surface area contributed by atoms with Gasteiger partial charge in [-0.1, -0.05) is 26.8 Å². The molecule has 0 saturated carbocycles. The lowest BCUT2D eigenvalue weighted by Crippen LogP contribution is -2.13. The van der Waals surface area contributed by atoms with Crippen LogP contribution in [0.25, 0.3) is 0 Å². The summed E-state index contributed by atoms with van der Waals surface area (Å²) in [6.45, 7) is 9.96. The molecule has 0 radical (unpaired) electrons. The van der Waals surface area contributed by atoms with Crippen LogP contribution in [-0.2, 0) is 16.6 Å². The summed E-state index contributed by atoms with van der Waals surface area (Å²) in [5, 5.41) is 2.80. The second-order valence-electron chi connectivity index (χ2n) is 6.49. The fraction of sp³-hybridized carbons (Fsp3) is 0.471. The molecule has 0 aromatic carbocycles. The molecular weight excluding hydrogens is 278 g/mol. The number of hydrogen-bond acceptors (Lipinski definition) is 4. The van der Waals surface area contributed by atoms with Crippen LogP contribution >= 0.6 is 0 Å². The predicted octanol–water partition coefficient (Wildman–Crippen LogP) is 3.56. The molecule has 0 unspecified atom stereocenters. The molecule has 0 spiro atoms. The first-order chi connectivity index (χ1) is 10.3. The number of carbonyl (C=O) groups is 1. The molecule has 0 aliphatic rings. The molecule has 1 N–H and O–H groups in total. The number of nitrogens with zero attached hydrogens (tertiary/aromatic N) is 2. The third kappa shape index (κ3) is 4.16. The summed E-state index contributed by atoms with van der Waals surface area (Å²) in [5.41, 5.74) is 1.60. The van der Waals surface area contributed by atoms with Crippen molar-refractivity contribution in [1.82, 2.24) is 9.97 Å². The number of rotatable bonds is 4. The lowest BCUT2D eigenvalue weighted by molar-refractivity contribution is -0.116. The van der Waals surface area contributed by atoms with E-state index >= 15 is 0 Å². The van der Waals surface area contributed by atoms with Crippen molar-refractivity contribution < 1.29 is 9.21 Å². The summed E-state index contributed by atoms with van der Waals surface area (Å²) < 4.78 is 5.79. The summed E-state index contributed by atoms with van der Waals surface area (Å²) in [4.78, 5) is 20.7. The number of aryl methyl sites for hydroxylation is 3. The maximum absolute atomic E-state index is 12.0. The van der Waals surface area contributed by atoms with Gasteiger partial charge in [0.15, 0.2) is 5.89 Å². The molecule has 0 aliphatic heterocycles. The van der Waals surface area contributed by atoms with Crippen LogP contribution in [0.5, 0.6) is 0 Å². The number of anilines is 1. The zero-order valence-electron chi connectivity index (χ0n) is 13.9. The van der Waals surface area contributed by atoms with Crippen molar-refractivity contribution in [2.75, 3.05) is 5.32 Å². The van der Waals surface area contributed by atoms with E-state index in [0.29, 0.717) is 24.6 Å². The average molecular weight is 301 g/mol. The van der Waals surface area contributed by atoms with Gasteiger partial charge in [0.1, 0.15) is 11.6 Å². The van der Waals surface area contributed by atoms with E-state index in [9.17, 15) is 4.79 Å². The van der Waals surface area contributed by atoms with Gasteiger partial charge < -0.3 is 9.73 Å². The molecule has 118 valence electrons. The largest absolute Gasteiger partial charge is 0.445 e. The van der Waals surface area contributed by atoms with Crippen LogP contribution in [0.2, 0.25) is 0 Å². The minimum Gasteiger partial charge on any atom is -0.445 e. The molecule has 0 fully saturated rings. The first kappa shape index (κ1) is 16.2. The zero-order valence-corrected chi connectivity index (χ0v) is 13.9. The van der Waals surface area contributed by atoms with Crippen molar-refractivity contribution >= 4 is 11.7 Å². The Morgan fingerprint density at radius 3 is 2.55 bits per heavy atom. The highest BCUT2D eigenvalue weighted by atomic mass is 16.4. The summed E-state index contributed by atoms with van der Waals surface area (Å²) in [5.74, 6) is 1.99. The number of hydrogen-bond donors (Lipinski definition) is 1. The Bertz CT molecular complexity index is 669. The summed E-state index contributed by atoms with van der Waals surface area (Å²) in [6, 6.07) is 5.54. The Hall–Kier alpha value is -2.17. The molecule has 0 atom stereocenters. The summed E-state index contributed by atoms with van der Waals surface area (Å²) in [6.07, 6.45) is 0.877. The zero-order chi connectivity index (χ0) is 16.3. The van der Waals surface area contributed by atoms with Gasteiger partial charge in [-0.25, -0.2) is 9.97 Å². The molecule has 5 heteroatoms. The van der Waals surface area contributed by atoms with Crippen LogP contribution in [0.1, 0.15) is 50.2 Å². The quantitative estimate of drug-likeness (QED) is 0.937. The van der Waals surface area contributed by atoms with E-state index < -0.39 is 0 Å². The second kappa shape index (κ2) is 6.30. The SMILES string of the molecule is Cc1cccc(NC(=O)CCc2oc(C(C)(C)C)nc2C)n1. The van der Waals surface area contributed by atoms with Gasteiger partial charge in [-0.2, -0.15) is 0 Å². The van der Waals surface area contributed by atoms with Crippen LogP contribution in [0.4, 0.5) is 5.82 Å². The van der Waals surface area contributed by atoms with E-state index in [-0.39, 0.29) is 11.3 Å². The number of aromatic nitrogens is 2. The monoisotopic (exact) mass is 301 g/mol. The van der Waals surface area contributed by atoms with Gasteiger partial charge in [-0.05, 0) is 26.0 Å². The van der Waals surface area contributed by atoms with Crippen molar-refractivity contribution in [2.45, 2.75) is 52.9 Å². The smallest absolute Gasteiger partial charge is 0.225 e. The lowest BCUT2D eigenvalue weighted by Gasteiger charge is -2.12. The van der Waals surface area contributed by atoms with Crippen LogP contribution < -0.4 is 5.32 Å². The standard InChI is InChI=1S/C17H23N3O2/c1-11-7-6-8-14(18-11)20-15(21)10-9-13-12(2)19-16(22-13)17(3,4)5/h6-8H,9-10H2,1-5H3,(H,18,20,21). The fourth-order valence-electron chi connectivity index (χ4n) is 2.03. The minimum atomic E-state index is -0.128. The van der Waals surface area contributed by atoms with E-state index in [0.717, 1.165) is 17.1 Å². The Kier molecular flexibility index (Phi) is 4.64.